The summed E-state index contributed by atoms with van der Waals surface area (Å²) in [5.74, 6) is -0.275. The van der Waals surface area contributed by atoms with Crippen LogP contribution in [0.3, 0.4) is 0 Å². The molecule has 1 aliphatic rings. The Balaban J connectivity index is 1.86. The molecule has 1 aromatic rings. The van der Waals surface area contributed by atoms with Gasteiger partial charge in [0.2, 0.25) is 5.91 Å². The number of carbonyl (C=O) groups excluding carboxylic acids is 3. The summed E-state index contributed by atoms with van der Waals surface area (Å²) in [4.78, 5) is 37.4. The van der Waals surface area contributed by atoms with Gasteiger partial charge in [0.15, 0.2) is 0 Å². The van der Waals surface area contributed by atoms with E-state index in [0.717, 1.165) is 24.8 Å². The monoisotopic (exact) mass is 333 g/mol. The van der Waals surface area contributed by atoms with Crippen molar-refractivity contribution in [2.75, 3.05) is 20.2 Å². The second-order valence-corrected chi connectivity index (χ2v) is 5.81. The molecule has 1 fully saturated rings. The van der Waals surface area contributed by atoms with Crippen LogP contribution < -0.4 is 15.6 Å². The van der Waals surface area contributed by atoms with Crippen LogP contribution in [-0.4, -0.2) is 42.8 Å². The smallest absolute Gasteiger partial charge is 0.269 e. The quantitative estimate of drug-likeness (QED) is 0.810. The molecule has 24 heavy (non-hydrogen) atoms. The number of aryl methyl sites for hydroxylation is 1. The van der Waals surface area contributed by atoms with Crippen molar-refractivity contribution in [2.24, 2.45) is 0 Å². The standard InChI is InChI=1S/C17H23N3O4/c1-12-7-8-13(10-14(12)24-2)17(23)19-18-15(21)11-20-9-5-3-4-6-16(20)22/h7-8,10H,3-6,9,11H2,1-2H3,(H,18,21)(H,19,23). The molecule has 0 atom stereocenters. The van der Waals surface area contributed by atoms with Crippen molar-refractivity contribution < 1.29 is 19.1 Å². The van der Waals surface area contributed by atoms with E-state index in [1.165, 1.54) is 12.0 Å². The van der Waals surface area contributed by atoms with Crippen LogP contribution in [0.2, 0.25) is 0 Å². The number of methoxy groups -OCH3 is 1. The van der Waals surface area contributed by atoms with E-state index in [1.807, 2.05) is 6.92 Å². The predicted octanol–water partition coefficient (Wildman–Crippen LogP) is 1.17. The summed E-state index contributed by atoms with van der Waals surface area (Å²) >= 11 is 0. The Hall–Kier alpha value is -2.57. The van der Waals surface area contributed by atoms with Crippen molar-refractivity contribution >= 4 is 17.7 Å². The fourth-order valence-corrected chi connectivity index (χ4v) is 2.58. The van der Waals surface area contributed by atoms with Gasteiger partial charge in [0, 0.05) is 18.5 Å². The normalized spacial score (nSPS) is 14.8. The van der Waals surface area contributed by atoms with Crippen LogP contribution in [0.5, 0.6) is 5.75 Å². The minimum Gasteiger partial charge on any atom is -0.496 e. The molecule has 1 aromatic carbocycles. The summed E-state index contributed by atoms with van der Waals surface area (Å²) in [7, 11) is 1.53. The summed E-state index contributed by atoms with van der Waals surface area (Å²) in [5, 5.41) is 0. The van der Waals surface area contributed by atoms with Crippen molar-refractivity contribution in [1.29, 1.82) is 0 Å². The van der Waals surface area contributed by atoms with Crippen LogP contribution in [0, 0.1) is 6.92 Å². The molecule has 0 saturated carbocycles. The molecule has 0 aliphatic carbocycles. The molecular formula is C17H23N3O4. The van der Waals surface area contributed by atoms with Crippen LogP contribution in [0.15, 0.2) is 18.2 Å². The molecule has 1 aliphatic heterocycles. The Morgan fingerprint density at radius 1 is 1.21 bits per heavy atom. The zero-order valence-corrected chi connectivity index (χ0v) is 14.1. The SMILES string of the molecule is COc1cc(C(=O)NNC(=O)CN2CCCCCC2=O)ccc1C. The Morgan fingerprint density at radius 3 is 2.75 bits per heavy atom. The van der Waals surface area contributed by atoms with Gasteiger partial charge in [-0.2, -0.15) is 0 Å². The number of rotatable bonds is 4. The molecule has 2 N–H and O–H groups in total. The van der Waals surface area contributed by atoms with Crippen molar-refractivity contribution in [3.63, 3.8) is 0 Å². The van der Waals surface area contributed by atoms with Gasteiger partial charge in [0.05, 0.1) is 7.11 Å². The first kappa shape index (κ1) is 17.8. The van der Waals surface area contributed by atoms with Crippen LogP contribution in [0.4, 0.5) is 0 Å². The molecule has 7 nitrogen and oxygen atoms in total. The summed E-state index contributed by atoms with van der Waals surface area (Å²) in [6.07, 6.45) is 3.23. The van der Waals surface area contributed by atoms with Gasteiger partial charge in [-0.3, -0.25) is 25.2 Å². The number of hydrazine groups is 1. The maximum absolute atomic E-state index is 12.1. The first-order valence-electron chi connectivity index (χ1n) is 8.03. The van der Waals surface area contributed by atoms with E-state index in [1.54, 1.807) is 18.2 Å². The molecule has 0 bridgehead atoms. The van der Waals surface area contributed by atoms with Gasteiger partial charge in [0.1, 0.15) is 12.3 Å². The molecule has 2 rings (SSSR count). The van der Waals surface area contributed by atoms with E-state index < -0.39 is 11.8 Å². The number of likely N-dealkylation sites (tertiary alicyclic amines) is 1. The van der Waals surface area contributed by atoms with Crippen LogP contribution >= 0.6 is 0 Å². The number of ether oxygens (including phenoxy) is 1. The molecule has 3 amide bonds. The third kappa shape index (κ3) is 4.71. The van der Waals surface area contributed by atoms with Crippen LogP contribution in [0.1, 0.15) is 41.6 Å². The number of hydrogen-bond donors (Lipinski definition) is 2. The first-order chi connectivity index (χ1) is 11.5. The number of carbonyl (C=O) groups is 3. The molecular weight excluding hydrogens is 310 g/mol. The highest BCUT2D eigenvalue weighted by Crippen LogP contribution is 2.18. The van der Waals surface area contributed by atoms with Crippen molar-refractivity contribution in [2.45, 2.75) is 32.6 Å². The molecule has 7 heteroatoms. The minimum absolute atomic E-state index is 0.0164. The number of nitrogens with zero attached hydrogens (tertiary/aromatic N) is 1. The lowest BCUT2D eigenvalue weighted by Crippen LogP contribution is -2.47. The predicted molar refractivity (Wildman–Crippen MR) is 88.4 cm³/mol. The van der Waals surface area contributed by atoms with Crippen LogP contribution in [0.25, 0.3) is 0 Å². The summed E-state index contributed by atoms with van der Waals surface area (Å²) in [6, 6.07) is 5.03. The van der Waals surface area contributed by atoms with E-state index in [-0.39, 0.29) is 12.5 Å². The van der Waals surface area contributed by atoms with E-state index in [9.17, 15) is 14.4 Å². The molecule has 0 aromatic heterocycles. The number of hydrogen-bond acceptors (Lipinski definition) is 4. The van der Waals surface area contributed by atoms with E-state index in [2.05, 4.69) is 10.9 Å². The number of nitrogens with one attached hydrogen (secondary N) is 2. The van der Waals surface area contributed by atoms with Crippen molar-refractivity contribution in [3.05, 3.63) is 29.3 Å². The molecule has 1 heterocycles. The number of benzene rings is 1. The summed E-state index contributed by atoms with van der Waals surface area (Å²) in [5.41, 5.74) is 6.00. The lowest BCUT2D eigenvalue weighted by molar-refractivity contribution is -0.135. The second-order valence-electron chi connectivity index (χ2n) is 5.81. The Kier molecular flexibility index (Phi) is 6.17. The zero-order valence-electron chi connectivity index (χ0n) is 14.1. The van der Waals surface area contributed by atoms with Gasteiger partial charge in [0.25, 0.3) is 11.8 Å². The van der Waals surface area contributed by atoms with Crippen molar-refractivity contribution in [1.82, 2.24) is 15.8 Å². The van der Waals surface area contributed by atoms with E-state index in [4.69, 9.17) is 4.74 Å². The third-order valence-electron chi connectivity index (χ3n) is 3.99. The van der Waals surface area contributed by atoms with Crippen molar-refractivity contribution in [3.8, 4) is 5.75 Å². The number of amides is 3. The Morgan fingerprint density at radius 2 is 2.00 bits per heavy atom. The third-order valence-corrected chi connectivity index (χ3v) is 3.99. The highest BCUT2D eigenvalue weighted by atomic mass is 16.5. The lowest BCUT2D eigenvalue weighted by Gasteiger charge is -2.19. The van der Waals surface area contributed by atoms with Gasteiger partial charge >= 0.3 is 0 Å². The maximum Gasteiger partial charge on any atom is 0.269 e. The fraction of sp³-hybridized carbons (Fsp3) is 0.471. The van der Waals surface area contributed by atoms with Gasteiger partial charge < -0.3 is 9.64 Å². The van der Waals surface area contributed by atoms with Crippen LogP contribution in [-0.2, 0) is 9.59 Å². The summed E-state index contributed by atoms with van der Waals surface area (Å²) < 4.78 is 5.17. The topological polar surface area (TPSA) is 87.7 Å². The van der Waals surface area contributed by atoms with Gasteiger partial charge in [-0.1, -0.05) is 12.5 Å². The van der Waals surface area contributed by atoms with Gasteiger partial charge in [-0.25, -0.2) is 0 Å². The van der Waals surface area contributed by atoms with Gasteiger partial charge in [-0.05, 0) is 37.5 Å². The largest absolute Gasteiger partial charge is 0.496 e. The minimum atomic E-state index is -0.441. The van der Waals surface area contributed by atoms with Gasteiger partial charge in [-0.15, -0.1) is 0 Å². The average Bonchev–Trinajstić information content (AvgIpc) is 2.78. The average molecular weight is 333 g/mol. The Labute approximate surface area is 141 Å². The van der Waals surface area contributed by atoms with E-state index in [0.29, 0.717) is 24.3 Å². The Bertz CT molecular complexity index is 630. The molecule has 1 saturated heterocycles. The maximum atomic E-state index is 12.1. The highest BCUT2D eigenvalue weighted by Gasteiger charge is 2.19. The fourth-order valence-electron chi connectivity index (χ4n) is 2.58. The highest BCUT2D eigenvalue weighted by molar-refractivity contribution is 5.96. The molecule has 0 radical (unpaired) electrons. The summed E-state index contributed by atoms with van der Waals surface area (Å²) in [6.45, 7) is 2.41. The van der Waals surface area contributed by atoms with E-state index >= 15 is 0 Å². The molecule has 130 valence electrons. The zero-order chi connectivity index (χ0) is 17.5. The second kappa shape index (κ2) is 8.33. The molecule has 0 unspecified atom stereocenters. The molecule has 0 spiro atoms. The lowest BCUT2D eigenvalue weighted by atomic mass is 10.1. The first-order valence-corrected chi connectivity index (χ1v) is 8.03.